The summed E-state index contributed by atoms with van der Waals surface area (Å²) in [5.74, 6) is 1.00. The first kappa shape index (κ1) is 18.4. The van der Waals surface area contributed by atoms with Crippen molar-refractivity contribution in [3.63, 3.8) is 0 Å². The molecule has 0 aromatic heterocycles. The summed E-state index contributed by atoms with van der Waals surface area (Å²) in [6.45, 7) is 9.02. The lowest BCUT2D eigenvalue weighted by atomic mass is 9.69. The molecule has 0 radical (unpaired) electrons. The third kappa shape index (κ3) is 3.48. The number of nitrogens with one attached hydrogen (secondary N) is 1. The van der Waals surface area contributed by atoms with Crippen molar-refractivity contribution in [1.29, 1.82) is 0 Å². The van der Waals surface area contributed by atoms with E-state index in [1.165, 1.54) is 18.4 Å². The predicted molar refractivity (Wildman–Crippen MR) is 103 cm³/mol. The van der Waals surface area contributed by atoms with E-state index < -0.39 is 0 Å². The Morgan fingerprint density at radius 2 is 1.88 bits per heavy atom. The van der Waals surface area contributed by atoms with E-state index in [1.807, 2.05) is 6.07 Å². The maximum atomic E-state index is 12.6. The monoisotopic (exact) mass is 343 g/mol. The highest BCUT2D eigenvalue weighted by Gasteiger charge is 2.61. The molecule has 2 bridgehead atoms. The van der Waals surface area contributed by atoms with Crippen molar-refractivity contribution in [3.05, 3.63) is 35.9 Å². The summed E-state index contributed by atoms with van der Waals surface area (Å²) >= 11 is 0. The quantitative estimate of drug-likeness (QED) is 0.778. The fraction of sp³-hybridized carbons (Fsp3) is 0.682. The summed E-state index contributed by atoms with van der Waals surface area (Å²) in [6.07, 6.45) is 4.36. The minimum atomic E-state index is 0.230. The van der Waals surface area contributed by atoms with E-state index in [1.54, 1.807) is 0 Å². The van der Waals surface area contributed by atoms with Crippen LogP contribution in [0.2, 0.25) is 0 Å². The summed E-state index contributed by atoms with van der Waals surface area (Å²) in [4.78, 5) is 12.6. The molecule has 1 amide bonds. The zero-order valence-electron chi connectivity index (χ0n) is 16.6. The number of carbonyl (C=O) groups is 1. The van der Waals surface area contributed by atoms with Crippen LogP contribution in [0, 0.1) is 16.7 Å². The van der Waals surface area contributed by atoms with Gasteiger partial charge in [-0.1, -0.05) is 51.1 Å². The average molecular weight is 344 g/mol. The van der Waals surface area contributed by atoms with E-state index in [-0.39, 0.29) is 11.3 Å². The van der Waals surface area contributed by atoms with Gasteiger partial charge in [-0.05, 0) is 36.0 Å². The van der Waals surface area contributed by atoms with Crippen molar-refractivity contribution in [2.45, 2.75) is 59.0 Å². The van der Waals surface area contributed by atoms with Crippen LogP contribution in [0.1, 0.15) is 52.0 Å². The summed E-state index contributed by atoms with van der Waals surface area (Å²) in [6, 6.07) is 10.9. The van der Waals surface area contributed by atoms with Gasteiger partial charge in [0.15, 0.2) is 0 Å². The zero-order chi connectivity index (χ0) is 18.3. The molecular formula is C22H35N2O+. The molecule has 25 heavy (non-hydrogen) atoms. The summed E-state index contributed by atoms with van der Waals surface area (Å²) in [5, 5.41) is 3.39. The Hall–Kier alpha value is -1.35. The van der Waals surface area contributed by atoms with E-state index in [4.69, 9.17) is 0 Å². The number of nitrogens with zero attached hydrogens (tertiary/aromatic N) is 1. The van der Waals surface area contributed by atoms with Crippen molar-refractivity contribution in [3.8, 4) is 0 Å². The van der Waals surface area contributed by atoms with Crippen molar-refractivity contribution in [1.82, 2.24) is 5.32 Å². The highest BCUT2D eigenvalue weighted by molar-refractivity contribution is 5.76. The lowest BCUT2D eigenvalue weighted by molar-refractivity contribution is -0.903. The van der Waals surface area contributed by atoms with Crippen molar-refractivity contribution >= 4 is 5.91 Å². The molecule has 0 unspecified atom stereocenters. The first-order valence-electron chi connectivity index (χ1n) is 9.79. The van der Waals surface area contributed by atoms with Crippen LogP contribution >= 0.6 is 0 Å². The maximum Gasteiger partial charge on any atom is 0.225 e. The molecule has 0 aliphatic heterocycles. The molecule has 2 saturated carbocycles. The second-order valence-electron chi connectivity index (χ2n) is 9.78. The fourth-order valence-electron chi connectivity index (χ4n) is 5.25. The molecule has 1 aromatic rings. The Morgan fingerprint density at radius 1 is 1.20 bits per heavy atom. The van der Waals surface area contributed by atoms with Crippen molar-refractivity contribution in [2.75, 3.05) is 20.6 Å². The van der Waals surface area contributed by atoms with Gasteiger partial charge >= 0.3 is 0 Å². The van der Waals surface area contributed by atoms with Gasteiger partial charge in [-0.3, -0.25) is 4.79 Å². The number of rotatable bonds is 6. The highest BCUT2D eigenvalue weighted by atomic mass is 16.1. The second-order valence-corrected chi connectivity index (χ2v) is 9.78. The number of amides is 1. The zero-order valence-corrected chi connectivity index (χ0v) is 16.6. The van der Waals surface area contributed by atoms with Crippen LogP contribution in [0.4, 0.5) is 0 Å². The molecule has 2 aliphatic rings. The van der Waals surface area contributed by atoms with Gasteiger partial charge in [0.25, 0.3) is 0 Å². The number of benzene rings is 1. The first-order valence-corrected chi connectivity index (χ1v) is 9.79. The summed E-state index contributed by atoms with van der Waals surface area (Å²) < 4.78 is 0.841. The maximum absolute atomic E-state index is 12.6. The van der Waals surface area contributed by atoms with E-state index in [0.717, 1.165) is 29.9 Å². The fourth-order valence-corrected chi connectivity index (χ4v) is 5.25. The molecule has 0 saturated heterocycles. The van der Waals surface area contributed by atoms with Crippen LogP contribution in [0.15, 0.2) is 30.3 Å². The van der Waals surface area contributed by atoms with Crippen LogP contribution in [-0.4, -0.2) is 37.1 Å². The SMILES string of the molecule is CC1(C)[C@H]2CC[C@]1(C)[C@@H](NC(=O)CC[N+](C)(C)Cc1ccccc1)C2. The lowest BCUT2D eigenvalue weighted by Crippen LogP contribution is -2.48. The third-order valence-corrected chi connectivity index (χ3v) is 7.53. The Bertz CT molecular complexity index is 622. The van der Waals surface area contributed by atoms with Crippen LogP contribution in [0.3, 0.4) is 0 Å². The molecule has 3 rings (SSSR count). The smallest absolute Gasteiger partial charge is 0.225 e. The molecular weight excluding hydrogens is 308 g/mol. The largest absolute Gasteiger partial charge is 0.353 e. The predicted octanol–water partition coefficient (Wildman–Crippen LogP) is 3.98. The molecule has 1 N–H and O–H groups in total. The molecule has 138 valence electrons. The Balaban J connectivity index is 1.52. The summed E-state index contributed by atoms with van der Waals surface area (Å²) in [7, 11) is 4.42. The van der Waals surface area contributed by atoms with Gasteiger partial charge in [-0.2, -0.15) is 0 Å². The molecule has 3 heteroatoms. The number of quaternary nitrogens is 1. The van der Waals surface area contributed by atoms with Crippen LogP contribution in [-0.2, 0) is 11.3 Å². The first-order chi connectivity index (χ1) is 11.6. The molecule has 2 aliphatic carbocycles. The molecule has 1 aromatic carbocycles. The van der Waals surface area contributed by atoms with E-state index in [0.29, 0.717) is 17.9 Å². The molecule has 3 nitrogen and oxygen atoms in total. The van der Waals surface area contributed by atoms with Crippen LogP contribution in [0.5, 0.6) is 0 Å². The topological polar surface area (TPSA) is 29.1 Å². The van der Waals surface area contributed by atoms with Gasteiger partial charge in [0, 0.05) is 11.6 Å². The standard InChI is InChI=1S/C22H34N2O/c1-21(2)18-11-13-22(21,3)19(15-18)23-20(25)12-14-24(4,5)16-17-9-7-6-8-10-17/h6-10,18-19H,11-16H2,1-5H3/p+1/t18-,19-,22+/m0/s1. The Labute approximate surface area is 153 Å². The van der Waals surface area contributed by atoms with Crippen LogP contribution < -0.4 is 5.32 Å². The minimum absolute atomic E-state index is 0.230. The van der Waals surface area contributed by atoms with Gasteiger partial charge in [0.1, 0.15) is 6.54 Å². The minimum Gasteiger partial charge on any atom is -0.353 e. The molecule has 0 heterocycles. The Morgan fingerprint density at radius 3 is 2.44 bits per heavy atom. The number of hydrogen-bond donors (Lipinski definition) is 1. The number of carbonyl (C=O) groups excluding carboxylic acids is 1. The van der Waals surface area contributed by atoms with E-state index in [2.05, 4.69) is 64.4 Å². The normalized spacial score (nSPS) is 30.4. The highest BCUT2D eigenvalue weighted by Crippen LogP contribution is 2.65. The van der Waals surface area contributed by atoms with Gasteiger partial charge in [-0.15, -0.1) is 0 Å². The molecule has 2 fully saturated rings. The average Bonchev–Trinajstić information content (AvgIpc) is 2.87. The Kier molecular flexibility index (Phi) is 4.74. The van der Waals surface area contributed by atoms with Crippen LogP contribution in [0.25, 0.3) is 0 Å². The summed E-state index contributed by atoms with van der Waals surface area (Å²) in [5.41, 5.74) is 1.95. The van der Waals surface area contributed by atoms with Gasteiger partial charge < -0.3 is 9.80 Å². The number of hydrogen-bond acceptors (Lipinski definition) is 1. The molecule has 0 spiro atoms. The second kappa shape index (κ2) is 6.42. The lowest BCUT2D eigenvalue weighted by Gasteiger charge is -2.39. The van der Waals surface area contributed by atoms with Gasteiger partial charge in [-0.25, -0.2) is 0 Å². The number of fused-ring (bicyclic) bond motifs is 2. The van der Waals surface area contributed by atoms with E-state index >= 15 is 0 Å². The van der Waals surface area contributed by atoms with Gasteiger partial charge in [0.05, 0.1) is 27.1 Å². The van der Waals surface area contributed by atoms with Crippen molar-refractivity contribution < 1.29 is 9.28 Å². The van der Waals surface area contributed by atoms with Crippen molar-refractivity contribution in [2.24, 2.45) is 16.7 Å². The van der Waals surface area contributed by atoms with Gasteiger partial charge in [0.2, 0.25) is 5.91 Å². The molecule has 3 atom stereocenters. The van der Waals surface area contributed by atoms with E-state index in [9.17, 15) is 4.79 Å². The third-order valence-electron chi connectivity index (χ3n) is 7.53.